The number of nitrogens with zero attached hydrogens (tertiary/aromatic N) is 7. The molecule has 3 heterocycles. The van der Waals surface area contributed by atoms with Gasteiger partial charge >= 0.3 is 5.69 Å². The number of rotatable bonds is 10. The number of halogens is 1. The zero-order valence-electron chi connectivity index (χ0n) is 38.3. The predicted molar refractivity (Wildman–Crippen MR) is 276 cm³/mol. The van der Waals surface area contributed by atoms with Crippen LogP contribution in [0.5, 0.6) is 17.2 Å². The number of aromatic hydroxyl groups is 3. The standard InChI is InChI=1S/C18H16N4O3.C18H18N4O.C16H13ClN4O/c1-11-3-5-14(9-12(11)2)20-18-19-8-7-15(21-18)13-4-6-17(23)16(10-13)22(24)25;1-11-7-12(2)9-14(8-11)21-18-20-6-5-16(22-18)13-3-4-17(23)15(19)10-13;17-11-2-1-3-12(9-11)20-16-19-7-6-14(21-16)10-4-5-15(22)13(18)8-10/h3-10,23H,1-2H3,(H,19,20,21);3-10,23H,19H2,1-2H3,(H,20,21,22);1-9,22H,18H2,(H,19,20,21). The van der Waals surface area contributed by atoms with Gasteiger partial charge in [-0.2, -0.15) is 0 Å². The molecule has 9 rings (SSSR count). The normalized spacial score (nSPS) is 10.5. The minimum Gasteiger partial charge on any atom is -0.506 e. The molecule has 70 heavy (non-hydrogen) atoms. The van der Waals surface area contributed by atoms with Gasteiger partial charge in [-0.3, -0.25) is 10.1 Å². The van der Waals surface area contributed by atoms with E-state index in [0.717, 1.165) is 39.4 Å². The molecule has 0 aliphatic heterocycles. The molecule has 0 spiro atoms. The maximum absolute atomic E-state index is 11.0. The van der Waals surface area contributed by atoms with E-state index < -0.39 is 4.92 Å². The van der Waals surface area contributed by atoms with Crippen LogP contribution >= 0.6 is 11.6 Å². The molecule has 0 fully saturated rings. The molecular weight excluding hydrogens is 908 g/mol. The van der Waals surface area contributed by atoms with E-state index in [9.17, 15) is 25.4 Å². The summed E-state index contributed by atoms with van der Waals surface area (Å²) in [5.74, 6) is 1.09. The quantitative estimate of drug-likeness (QED) is 0.0274. The van der Waals surface area contributed by atoms with E-state index in [1.54, 1.807) is 85.3 Å². The predicted octanol–water partition coefficient (Wildman–Crippen LogP) is 11.7. The Morgan fingerprint density at radius 1 is 0.500 bits per heavy atom. The number of nitro benzene ring substituents is 1. The molecule has 9 aromatic rings. The Kier molecular flexibility index (Phi) is 15.2. The maximum atomic E-state index is 11.0. The van der Waals surface area contributed by atoms with Crippen LogP contribution in [0.3, 0.4) is 0 Å². The SMILES string of the molecule is Cc1cc(C)cc(Nc2nccc(-c3ccc(O)c(N)c3)n2)c1.Cc1ccc(Nc2nccc(-c3ccc(O)c([N+](=O)[O-])c3)n2)cc1C.Nc1cc(-c2ccnc(Nc3cccc(Cl)c3)n2)ccc1O. The van der Waals surface area contributed by atoms with Gasteiger partial charge in [-0.1, -0.05) is 29.8 Å². The number of benzene rings is 6. The van der Waals surface area contributed by atoms with Crippen molar-refractivity contribution in [3.8, 4) is 51.0 Å². The van der Waals surface area contributed by atoms with Crippen LogP contribution in [-0.2, 0) is 0 Å². The number of nitrogen functional groups attached to an aromatic ring is 2. The molecular formula is C52H47ClN12O5. The molecule has 0 aliphatic carbocycles. The fraction of sp³-hybridized carbons (Fsp3) is 0.0769. The van der Waals surface area contributed by atoms with Crippen LogP contribution in [0.1, 0.15) is 22.3 Å². The summed E-state index contributed by atoms with van der Waals surface area (Å²) in [6, 6.07) is 38.8. The van der Waals surface area contributed by atoms with E-state index in [-0.39, 0.29) is 22.9 Å². The molecule has 3 aromatic heterocycles. The Labute approximate surface area is 407 Å². The highest BCUT2D eigenvalue weighted by atomic mass is 35.5. The third-order valence-corrected chi connectivity index (χ3v) is 10.6. The monoisotopic (exact) mass is 954 g/mol. The van der Waals surface area contributed by atoms with Crippen molar-refractivity contribution in [3.63, 3.8) is 0 Å². The van der Waals surface area contributed by atoms with Crippen LogP contribution in [0.15, 0.2) is 152 Å². The number of hydrogen-bond acceptors (Lipinski definition) is 16. The molecule has 0 amide bonds. The second-order valence-corrected chi connectivity index (χ2v) is 16.3. The third kappa shape index (κ3) is 13.0. The fourth-order valence-corrected chi connectivity index (χ4v) is 7.01. The van der Waals surface area contributed by atoms with Gasteiger partial charge in [-0.05, 0) is 159 Å². The number of nitrogens with two attached hydrogens (primary N) is 2. The Morgan fingerprint density at radius 2 is 0.957 bits per heavy atom. The third-order valence-electron chi connectivity index (χ3n) is 10.4. The highest BCUT2D eigenvalue weighted by Crippen LogP contribution is 2.32. The van der Waals surface area contributed by atoms with Crippen molar-refractivity contribution in [2.45, 2.75) is 27.7 Å². The lowest BCUT2D eigenvalue weighted by atomic mass is 10.1. The average molecular weight is 955 g/mol. The second kappa shape index (κ2) is 22.0. The van der Waals surface area contributed by atoms with Gasteiger partial charge < -0.3 is 42.7 Å². The molecule has 0 bridgehead atoms. The molecule has 352 valence electrons. The average Bonchev–Trinajstić information content (AvgIpc) is 3.32. The molecule has 6 aromatic carbocycles. The molecule has 0 saturated carbocycles. The van der Waals surface area contributed by atoms with Crippen molar-refractivity contribution < 1.29 is 20.2 Å². The molecule has 18 heteroatoms. The van der Waals surface area contributed by atoms with E-state index in [1.807, 2.05) is 56.3 Å². The highest BCUT2D eigenvalue weighted by Gasteiger charge is 2.16. The van der Waals surface area contributed by atoms with Crippen molar-refractivity contribution in [2.75, 3.05) is 27.4 Å². The summed E-state index contributed by atoms with van der Waals surface area (Å²) in [6.45, 7) is 8.16. The number of anilines is 8. The topological polar surface area (TPSA) is 269 Å². The smallest absolute Gasteiger partial charge is 0.311 e. The minimum atomic E-state index is -0.631. The first kappa shape index (κ1) is 48.6. The van der Waals surface area contributed by atoms with Gasteiger partial charge in [0.15, 0.2) is 5.75 Å². The summed E-state index contributed by atoms with van der Waals surface area (Å²) >= 11 is 5.95. The van der Waals surface area contributed by atoms with Crippen molar-refractivity contribution >= 4 is 63.6 Å². The van der Waals surface area contributed by atoms with Crippen molar-refractivity contribution in [1.29, 1.82) is 0 Å². The number of aromatic nitrogens is 6. The lowest BCUT2D eigenvalue weighted by Gasteiger charge is -2.09. The Bertz CT molecular complexity index is 3320. The molecule has 0 aliphatic rings. The summed E-state index contributed by atoms with van der Waals surface area (Å²) < 4.78 is 0. The zero-order valence-corrected chi connectivity index (χ0v) is 39.0. The van der Waals surface area contributed by atoms with Gasteiger partial charge in [0.1, 0.15) is 11.5 Å². The number of nitrogens with one attached hydrogen (secondary N) is 3. The largest absolute Gasteiger partial charge is 0.506 e. The second-order valence-electron chi connectivity index (χ2n) is 15.9. The van der Waals surface area contributed by atoms with Crippen LogP contribution in [0.4, 0.5) is 52.0 Å². The number of aryl methyl sites for hydroxylation is 4. The van der Waals surface area contributed by atoms with E-state index in [4.69, 9.17) is 23.1 Å². The van der Waals surface area contributed by atoms with Gasteiger partial charge in [-0.15, -0.1) is 0 Å². The summed E-state index contributed by atoms with van der Waals surface area (Å²) in [5, 5.41) is 49.6. The molecule has 17 nitrogen and oxygen atoms in total. The van der Waals surface area contributed by atoms with Gasteiger partial charge in [0, 0.05) is 63.4 Å². The van der Waals surface area contributed by atoms with Crippen LogP contribution in [0.25, 0.3) is 33.8 Å². The van der Waals surface area contributed by atoms with E-state index in [0.29, 0.717) is 51.2 Å². The first-order valence-electron chi connectivity index (χ1n) is 21.4. The summed E-state index contributed by atoms with van der Waals surface area (Å²) in [6.07, 6.45) is 4.92. The van der Waals surface area contributed by atoms with E-state index in [2.05, 4.69) is 65.8 Å². The summed E-state index contributed by atoms with van der Waals surface area (Å²) in [4.78, 5) is 36.3. The van der Waals surface area contributed by atoms with Crippen molar-refractivity contribution in [2.24, 2.45) is 0 Å². The number of nitro groups is 1. The lowest BCUT2D eigenvalue weighted by Crippen LogP contribution is -1.99. The van der Waals surface area contributed by atoms with Gasteiger partial charge in [0.05, 0.1) is 33.4 Å². The van der Waals surface area contributed by atoms with Gasteiger partial charge in [0.2, 0.25) is 17.8 Å². The minimum absolute atomic E-state index is 0.0510. The Hall–Kier alpha value is -9.35. The number of hydrogen-bond donors (Lipinski definition) is 8. The van der Waals surface area contributed by atoms with Crippen LogP contribution in [0, 0.1) is 37.8 Å². The first-order chi connectivity index (χ1) is 33.6. The number of phenols is 3. The van der Waals surface area contributed by atoms with E-state index in [1.165, 1.54) is 34.9 Å². The molecule has 0 radical (unpaired) electrons. The fourth-order valence-electron chi connectivity index (χ4n) is 6.82. The molecule has 0 unspecified atom stereocenters. The van der Waals surface area contributed by atoms with E-state index >= 15 is 0 Å². The maximum Gasteiger partial charge on any atom is 0.311 e. The first-order valence-corrected chi connectivity index (χ1v) is 21.8. The zero-order chi connectivity index (χ0) is 49.9. The molecule has 0 atom stereocenters. The Morgan fingerprint density at radius 3 is 1.41 bits per heavy atom. The van der Waals surface area contributed by atoms with Crippen LogP contribution in [0.2, 0.25) is 5.02 Å². The van der Waals surface area contributed by atoms with Gasteiger partial charge in [0.25, 0.3) is 0 Å². The van der Waals surface area contributed by atoms with Crippen LogP contribution < -0.4 is 27.4 Å². The van der Waals surface area contributed by atoms with Gasteiger partial charge in [-0.25, -0.2) is 29.9 Å². The highest BCUT2D eigenvalue weighted by molar-refractivity contribution is 6.30. The summed E-state index contributed by atoms with van der Waals surface area (Å²) in [7, 11) is 0. The number of phenolic OH excluding ortho intramolecular Hbond substituents is 3. The van der Waals surface area contributed by atoms with Crippen molar-refractivity contribution in [1.82, 2.24) is 29.9 Å². The van der Waals surface area contributed by atoms with Crippen LogP contribution in [-0.4, -0.2) is 50.1 Å². The molecule has 10 N–H and O–H groups in total. The lowest BCUT2D eigenvalue weighted by molar-refractivity contribution is -0.385. The van der Waals surface area contributed by atoms with Crippen molar-refractivity contribution in [3.05, 3.63) is 189 Å². The molecule has 0 saturated heterocycles. The Balaban J connectivity index is 0.000000155. The summed E-state index contributed by atoms with van der Waals surface area (Å²) in [5.41, 5.74) is 23.1.